The molecular weight excluding hydrogens is 382 g/mol. The van der Waals surface area contributed by atoms with Crippen LogP contribution in [0, 0.1) is 0 Å². The lowest BCUT2D eigenvalue weighted by Crippen LogP contribution is -2.35. The largest absolute Gasteiger partial charge is 0.480 e. The molecule has 3 heterocycles. The second kappa shape index (κ2) is 8.44. The van der Waals surface area contributed by atoms with Crippen LogP contribution in [0.15, 0.2) is 36.8 Å². The van der Waals surface area contributed by atoms with Crippen LogP contribution < -0.4 is 10.1 Å². The first-order chi connectivity index (χ1) is 13.4. The molecule has 2 aromatic heterocycles. The molecule has 1 amide bonds. The first-order valence-electron chi connectivity index (χ1n) is 8.74. The van der Waals surface area contributed by atoms with Crippen molar-refractivity contribution in [3.05, 3.63) is 48.2 Å². The van der Waals surface area contributed by atoms with Crippen LogP contribution >= 0.6 is 0 Å². The Morgan fingerprint density at radius 2 is 2.18 bits per heavy atom. The first kappa shape index (κ1) is 19.9. The Morgan fingerprint density at radius 3 is 2.86 bits per heavy atom. The molecular formula is C18H21N5O4S. The minimum Gasteiger partial charge on any atom is -0.480 e. The van der Waals surface area contributed by atoms with Crippen molar-refractivity contribution in [2.24, 2.45) is 0 Å². The zero-order chi connectivity index (χ0) is 20.1. The molecule has 0 atom stereocenters. The number of anilines is 1. The minimum atomic E-state index is -3.22. The van der Waals surface area contributed by atoms with Crippen LogP contribution in [0.2, 0.25) is 0 Å². The third-order valence-corrected chi connectivity index (χ3v) is 6.19. The van der Waals surface area contributed by atoms with E-state index < -0.39 is 15.9 Å². The predicted molar refractivity (Wildman–Crippen MR) is 104 cm³/mol. The summed E-state index contributed by atoms with van der Waals surface area (Å²) >= 11 is 0. The molecule has 1 aliphatic rings. The molecule has 0 bridgehead atoms. The summed E-state index contributed by atoms with van der Waals surface area (Å²) in [5, 5.41) is 2.71. The number of amides is 1. The van der Waals surface area contributed by atoms with E-state index in [0.29, 0.717) is 30.2 Å². The highest BCUT2D eigenvalue weighted by molar-refractivity contribution is 7.89. The fourth-order valence-corrected chi connectivity index (χ4v) is 3.82. The van der Waals surface area contributed by atoms with Gasteiger partial charge in [0.25, 0.3) is 5.91 Å². The molecule has 0 aromatic carbocycles. The highest BCUT2D eigenvalue weighted by Gasteiger charge is 2.23. The molecule has 0 saturated carbocycles. The molecule has 148 valence electrons. The van der Waals surface area contributed by atoms with Gasteiger partial charge in [0.1, 0.15) is 11.4 Å². The predicted octanol–water partition coefficient (Wildman–Crippen LogP) is 1.57. The summed E-state index contributed by atoms with van der Waals surface area (Å²) in [5.41, 5.74) is 2.00. The van der Waals surface area contributed by atoms with Gasteiger partial charge in [0.05, 0.1) is 31.0 Å². The number of sulfonamides is 1. The van der Waals surface area contributed by atoms with Crippen LogP contribution in [0.4, 0.5) is 5.69 Å². The maximum Gasteiger partial charge on any atom is 0.276 e. The summed E-state index contributed by atoms with van der Waals surface area (Å²) in [5.74, 6) is -0.0666. The summed E-state index contributed by atoms with van der Waals surface area (Å²) in [6, 6.07) is 3.36. The average Bonchev–Trinajstić information content (AvgIpc) is 2.74. The highest BCUT2D eigenvalue weighted by atomic mass is 32.2. The minimum absolute atomic E-state index is 0.0729. The van der Waals surface area contributed by atoms with Gasteiger partial charge in [-0.3, -0.25) is 9.78 Å². The summed E-state index contributed by atoms with van der Waals surface area (Å²) in [7, 11) is -1.75. The van der Waals surface area contributed by atoms with Crippen LogP contribution in [0.5, 0.6) is 5.88 Å². The maximum atomic E-state index is 12.5. The van der Waals surface area contributed by atoms with Gasteiger partial charge in [-0.25, -0.2) is 18.4 Å². The van der Waals surface area contributed by atoms with Crippen molar-refractivity contribution in [2.75, 3.05) is 31.3 Å². The zero-order valence-corrected chi connectivity index (χ0v) is 16.4. The zero-order valence-electron chi connectivity index (χ0n) is 15.6. The molecule has 0 aliphatic carbocycles. The van der Waals surface area contributed by atoms with Gasteiger partial charge < -0.3 is 10.1 Å². The van der Waals surface area contributed by atoms with Crippen molar-refractivity contribution in [1.29, 1.82) is 0 Å². The number of nitrogens with zero attached hydrogens (tertiary/aromatic N) is 4. The number of ether oxygens (including phenoxy) is 1. The quantitative estimate of drug-likeness (QED) is 0.778. The molecule has 0 unspecified atom stereocenters. The lowest BCUT2D eigenvalue weighted by molar-refractivity contribution is 0.102. The van der Waals surface area contributed by atoms with E-state index in [-0.39, 0.29) is 18.0 Å². The standard InChI is InChI=1S/C18H21N5O4S/c1-3-28(25,26)23-9-6-13(7-10-23)15-11-19-12-16(21-15)17(24)22-14-5-4-8-20-18(14)27-2/h4-6,8,11-12H,3,7,9-10H2,1-2H3,(H,22,24). The van der Waals surface area contributed by atoms with Crippen molar-refractivity contribution in [3.63, 3.8) is 0 Å². The van der Waals surface area contributed by atoms with Crippen LogP contribution in [0.3, 0.4) is 0 Å². The number of carbonyl (C=O) groups is 1. The van der Waals surface area contributed by atoms with Crippen LogP contribution in [0.25, 0.3) is 5.57 Å². The summed E-state index contributed by atoms with van der Waals surface area (Å²) < 4.78 is 30.5. The number of nitrogens with one attached hydrogen (secondary N) is 1. The van der Waals surface area contributed by atoms with E-state index in [1.807, 2.05) is 6.08 Å². The van der Waals surface area contributed by atoms with Gasteiger partial charge in [0, 0.05) is 19.3 Å². The third kappa shape index (κ3) is 4.34. The number of pyridine rings is 1. The molecule has 1 N–H and O–H groups in total. The molecule has 10 heteroatoms. The van der Waals surface area contributed by atoms with Gasteiger partial charge in [-0.2, -0.15) is 4.31 Å². The highest BCUT2D eigenvalue weighted by Crippen LogP contribution is 2.23. The van der Waals surface area contributed by atoms with Crippen molar-refractivity contribution in [3.8, 4) is 5.88 Å². The molecule has 1 aliphatic heterocycles. The monoisotopic (exact) mass is 403 g/mol. The van der Waals surface area contributed by atoms with E-state index in [0.717, 1.165) is 5.57 Å². The van der Waals surface area contributed by atoms with E-state index in [4.69, 9.17) is 4.74 Å². The van der Waals surface area contributed by atoms with E-state index in [2.05, 4.69) is 20.3 Å². The average molecular weight is 403 g/mol. The lowest BCUT2D eigenvalue weighted by atomic mass is 10.1. The van der Waals surface area contributed by atoms with Gasteiger partial charge in [0.2, 0.25) is 15.9 Å². The molecule has 9 nitrogen and oxygen atoms in total. The van der Waals surface area contributed by atoms with Gasteiger partial charge in [0.15, 0.2) is 0 Å². The van der Waals surface area contributed by atoms with E-state index in [1.165, 1.54) is 17.6 Å². The normalized spacial score (nSPS) is 15.0. The summed E-state index contributed by atoms with van der Waals surface area (Å²) in [6.45, 7) is 2.29. The molecule has 0 fully saturated rings. The Kier molecular flexibility index (Phi) is 6.00. The van der Waals surface area contributed by atoms with Gasteiger partial charge in [-0.05, 0) is 31.1 Å². The molecule has 28 heavy (non-hydrogen) atoms. The maximum absolute atomic E-state index is 12.5. The van der Waals surface area contributed by atoms with Gasteiger partial charge in [-0.1, -0.05) is 6.08 Å². The summed E-state index contributed by atoms with van der Waals surface area (Å²) in [4.78, 5) is 25.1. The van der Waals surface area contributed by atoms with Crippen LogP contribution in [-0.4, -0.2) is 59.5 Å². The Morgan fingerprint density at radius 1 is 1.36 bits per heavy atom. The number of methoxy groups -OCH3 is 1. The molecule has 0 radical (unpaired) electrons. The second-order valence-electron chi connectivity index (χ2n) is 6.04. The number of rotatable bonds is 6. The van der Waals surface area contributed by atoms with Crippen LogP contribution in [0.1, 0.15) is 29.5 Å². The van der Waals surface area contributed by atoms with Gasteiger partial charge >= 0.3 is 0 Å². The van der Waals surface area contributed by atoms with Crippen molar-refractivity contribution in [1.82, 2.24) is 19.3 Å². The van der Waals surface area contributed by atoms with Gasteiger partial charge in [-0.15, -0.1) is 0 Å². The Labute approximate surface area is 163 Å². The summed E-state index contributed by atoms with van der Waals surface area (Å²) in [6.07, 6.45) is 6.82. The fraction of sp³-hybridized carbons (Fsp3) is 0.333. The smallest absolute Gasteiger partial charge is 0.276 e. The molecule has 3 rings (SSSR count). The van der Waals surface area contributed by atoms with Crippen LogP contribution in [-0.2, 0) is 10.0 Å². The van der Waals surface area contributed by atoms with E-state index >= 15 is 0 Å². The fourth-order valence-electron chi connectivity index (χ4n) is 2.78. The Hall–Kier alpha value is -2.85. The number of carbonyl (C=O) groups excluding carboxylic acids is 1. The number of hydrogen-bond acceptors (Lipinski definition) is 7. The lowest BCUT2D eigenvalue weighted by Gasteiger charge is -2.25. The van der Waals surface area contributed by atoms with E-state index in [9.17, 15) is 13.2 Å². The topological polar surface area (TPSA) is 114 Å². The number of hydrogen-bond donors (Lipinski definition) is 1. The molecule has 0 saturated heterocycles. The Balaban J connectivity index is 1.77. The van der Waals surface area contributed by atoms with Crippen molar-refractivity contribution in [2.45, 2.75) is 13.3 Å². The first-order valence-corrected chi connectivity index (χ1v) is 10.3. The molecule has 2 aromatic rings. The van der Waals surface area contributed by atoms with Crippen molar-refractivity contribution < 1.29 is 17.9 Å². The van der Waals surface area contributed by atoms with E-state index in [1.54, 1.807) is 31.5 Å². The van der Waals surface area contributed by atoms with Crippen molar-refractivity contribution >= 4 is 27.2 Å². The SMILES string of the molecule is CCS(=O)(=O)N1CC=C(c2cncc(C(=O)Nc3cccnc3OC)n2)CC1. The molecule has 0 spiro atoms. The Bertz CT molecular complexity index is 1010. The third-order valence-electron chi connectivity index (χ3n) is 4.34. The second-order valence-corrected chi connectivity index (χ2v) is 8.30. The number of aromatic nitrogens is 3.